The van der Waals surface area contributed by atoms with Gasteiger partial charge in [0.15, 0.2) is 6.61 Å². The fourth-order valence-corrected chi connectivity index (χ4v) is 2.88. The van der Waals surface area contributed by atoms with E-state index in [1.807, 2.05) is 13.8 Å². The Hall–Kier alpha value is -1.46. The Morgan fingerprint density at radius 3 is 2.65 bits per heavy atom. The third-order valence-electron chi connectivity index (χ3n) is 3.22. The number of carbonyl (C=O) groups is 1. The summed E-state index contributed by atoms with van der Waals surface area (Å²) in [7, 11) is 0. The lowest BCUT2D eigenvalue weighted by atomic mass is 9.88. The first kappa shape index (κ1) is 14.9. The molecule has 1 aromatic carbocycles. The summed E-state index contributed by atoms with van der Waals surface area (Å²) in [6, 6.07) is 1.65. The maximum absolute atomic E-state index is 10.6. The van der Waals surface area contributed by atoms with Crippen LogP contribution < -0.4 is 4.74 Å². The summed E-state index contributed by atoms with van der Waals surface area (Å²) in [5.41, 5.74) is 1.49. The average molecular weight is 318 g/mol. The van der Waals surface area contributed by atoms with E-state index >= 15 is 0 Å². The largest absolute Gasteiger partial charge is 0.480 e. The molecule has 0 fully saturated rings. The fraction of sp³-hybridized carbons (Fsp3) is 0.385. The van der Waals surface area contributed by atoms with Crippen LogP contribution in [0.4, 0.5) is 0 Å². The Balaban J connectivity index is 2.51. The molecule has 0 heterocycles. The van der Waals surface area contributed by atoms with Gasteiger partial charge >= 0.3 is 5.97 Å². The molecule has 1 aromatic rings. The van der Waals surface area contributed by atoms with E-state index in [4.69, 9.17) is 33.0 Å². The van der Waals surface area contributed by atoms with Gasteiger partial charge in [0.25, 0.3) is 0 Å². The van der Waals surface area contributed by atoms with Gasteiger partial charge in [-0.15, -0.1) is 0 Å². The summed E-state index contributed by atoms with van der Waals surface area (Å²) in [6.45, 7) is 3.34. The smallest absolute Gasteiger partial charge is 0.341 e. The fourth-order valence-electron chi connectivity index (χ4n) is 2.38. The van der Waals surface area contributed by atoms with Crippen molar-refractivity contribution in [3.05, 3.63) is 27.2 Å². The molecule has 0 aromatic heterocycles. The van der Waals surface area contributed by atoms with Gasteiger partial charge in [0.05, 0.1) is 10.7 Å². The minimum atomic E-state index is -1.10. The lowest BCUT2D eigenvalue weighted by Gasteiger charge is -2.16. The predicted molar refractivity (Wildman–Crippen MR) is 75.4 cm³/mol. The maximum Gasteiger partial charge on any atom is 0.341 e. The number of benzene rings is 1. The van der Waals surface area contributed by atoms with E-state index in [1.54, 1.807) is 6.07 Å². The predicted octanol–water partition coefficient (Wildman–Crippen LogP) is 3.22. The van der Waals surface area contributed by atoms with Crippen molar-refractivity contribution in [2.75, 3.05) is 6.61 Å². The minimum absolute atomic E-state index is 0.116. The second-order valence-corrected chi connectivity index (χ2v) is 5.98. The van der Waals surface area contributed by atoms with Crippen LogP contribution in [0, 0.1) is 5.41 Å². The van der Waals surface area contributed by atoms with E-state index in [0.29, 0.717) is 17.7 Å². The number of hydrogen-bond donors (Lipinski definition) is 2. The summed E-state index contributed by atoms with van der Waals surface area (Å²) < 4.78 is 5.12. The molecule has 2 rings (SSSR count). The van der Waals surface area contributed by atoms with Crippen molar-refractivity contribution in [1.29, 1.82) is 0 Å². The molecule has 0 amide bonds. The van der Waals surface area contributed by atoms with E-state index in [9.17, 15) is 10.0 Å². The highest BCUT2D eigenvalue weighted by atomic mass is 35.5. The SMILES string of the molecule is CC1(C)Cc2cc(OCC(=O)O)c(Cl)c(Cl)c2/C1=N\O. The second kappa shape index (κ2) is 5.14. The second-order valence-electron chi connectivity index (χ2n) is 5.23. The van der Waals surface area contributed by atoms with Gasteiger partial charge in [-0.2, -0.15) is 0 Å². The number of oxime groups is 1. The molecule has 0 bridgehead atoms. The van der Waals surface area contributed by atoms with E-state index in [0.717, 1.165) is 5.56 Å². The Kier molecular flexibility index (Phi) is 3.84. The van der Waals surface area contributed by atoms with Crippen LogP contribution in [0.3, 0.4) is 0 Å². The number of hydrogen-bond acceptors (Lipinski definition) is 4. The molecule has 108 valence electrons. The lowest BCUT2D eigenvalue weighted by molar-refractivity contribution is -0.139. The van der Waals surface area contributed by atoms with Gasteiger partial charge in [0.2, 0.25) is 0 Å². The molecular weight excluding hydrogens is 305 g/mol. The molecule has 0 saturated heterocycles. The molecule has 0 aliphatic heterocycles. The van der Waals surface area contributed by atoms with Gasteiger partial charge in [-0.1, -0.05) is 42.2 Å². The van der Waals surface area contributed by atoms with Gasteiger partial charge in [0.1, 0.15) is 10.8 Å². The first-order chi connectivity index (χ1) is 9.27. The molecule has 2 N–H and O–H groups in total. The molecule has 1 aliphatic rings. The molecule has 0 atom stereocenters. The van der Waals surface area contributed by atoms with E-state index in [-0.39, 0.29) is 21.2 Å². The monoisotopic (exact) mass is 317 g/mol. The van der Waals surface area contributed by atoms with Crippen LogP contribution in [-0.2, 0) is 11.2 Å². The van der Waals surface area contributed by atoms with Crippen LogP contribution in [0.5, 0.6) is 5.75 Å². The van der Waals surface area contributed by atoms with Crippen LogP contribution in [0.15, 0.2) is 11.2 Å². The molecule has 0 radical (unpaired) electrons. The highest BCUT2D eigenvalue weighted by Gasteiger charge is 2.39. The van der Waals surface area contributed by atoms with Crippen LogP contribution in [0.1, 0.15) is 25.0 Å². The van der Waals surface area contributed by atoms with Crippen LogP contribution in [0.25, 0.3) is 0 Å². The molecule has 20 heavy (non-hydrogen) atoms. The quantitative estimate of drug-likeness (QED) is 0.662. The number of halogens is 2. The van der Waals surface area contributed by atoms with Crippen molar-refractivity contribution in [3.63, 3.8) is 0 Å². The van der Waals surface area contributed by atoms with Crippen molar-refractivity contribution in [2.24, 2.45) is 10.6 Å². The topological polar surface area (TPSA) is 79.1 Å². The first-order valence-corrected chi connectivity index (χ1v) is 6.62. The van der Waals surface area contributed by atoms with Gasteiger partial charge in [-0.05, 0) is 18.1 Å². The standard InChI is InChI=1S/C13H13Cl2NO4/c1-13(2)4-6-3-7(20-5-8(17)18)10(14)11(15)9(6)12(13)16-19/h3,19H,4-5H2,1-2H3,(H,17,18)/b16-12+. The Labute approximate surface area is 125 Å². The van der Waals surface area contributed by atoms with Crippen molar-refractivity contribution < 1.29 is 19.8 Å². The van der Waals surface area contributed by atoms with Gasteiger partial charge in [-0.3, -0.25) is 0 Å². The lowest BCUT2D eigenvalue weighted by Crippen LogP contribution is -2.20. The molecule has 7 heteroatoms. The Morgan fingerprint density at radius 2 is 2.10 bits per heavy atom. The van der Waals surface area contributed by atoms with E-state index in [1.165, 1.54) is 0 Å². The summed E-state index contributed by atoms with van der Waals surface area (Å²) in [4.78, 5) is 10.6. The molecule has 5 nitrogen and oxygen atoms in total. The van der Waals surface area contributed by atoms with Crippen LogP contribution >= 0.6 is 23.2 Å². The molecule has 1 aliphatic carbocycles. The van der Waals surface area contributed by atoms with Crippen LogP contribution in [0.2, 0.25) is 10.0 Å². The average Bonchev–Trinajstić information content (AvgIpc) is 2.61. The summed E-state index contributed by atoms with van der Waals surface area (Å²) in [6.07, 6.45) is 0.599. The molecule has 0 spiro atoms. The van der Waals surface area contributed by atoms with Gasteiger partial charge in [0, 0.05) is 11.0 Å². The third-order valence-corrected chi connectivity index (χ3v) is 4.07. The summed E-state index contributed by atoms with van der Waals surface area (Å²) >= 11 is 12.3. The minimum Gasteiger partial charge on any atom is -0.480 e. The number of carboxylic acid groups (broad SMARTS) is 1. The molecule has 0 saturated carbocycles. The van der Waals surface area contributed by atoms with Gasteiger partial charge < -0.3 is 15.1 Å². The maximum atomic E-state index is 10.6. The van der Waals surface area contributed by atoms with Crippen molar-refractivity contribution in [2.45, 2.75) is 20.3 Å². The van der Waals surface area contributed by atoms with E-state index in [2.05, 4.69) is 5.16 Å². The number of ether oxygens (including phenoxy) is 1. The third kappa shape index (κ3) is 2.43. The number of nitrogens with zero attached hydrogens (tertiary/aromatic N) is 1. The number of carboxylic acids is 1. The van der Waals surface area contributed by atoms with E-state index < -0.39 is 12.6 Å². The number of rotatable bonds is 3. The zero-order chi connectivity index (χ0) is 15.1. The number of fused-ring (bicyclic) bond motifs is 1. The Bertz CT molecular complexity index is 611. The zero-order valence-corrected chi connectivity index (χ0v) is 12.4. The van der Waals surface area contributed by atoms with Crippen molar-refractivity contribution in [1.82, 2.24) is 0 Å². The summed E-state index contributed by atoms with van der Waals surface area (Å²) in [5.74, 6) is -0.886. The molecular formula is C13H13Cl2NO4. The highest BCUT2D eigenvalue weighted by Crippen LogP contribution is 2.46. The van der Waals surface area contributed by atoms with Crippen molar-refractivity contribution in [3.8, 4) is 5.75 Å². The number of aliphatic carboxylic acids is 1. The highest BCUT2D eigenvalue weighted by molar-refractivity contribution is 6.45. The van der Waals surface area contributed by atoms with Gasteiger partial charge in [-0.25, -0.2) is 4.79 Å². The normalized spacial score (nSPS) is 18.1. The summed E-state index contributed by atoms with van der Waals surface area (Å²) in [5, 5.41) is 21.5. The molecule has 0 unspecified atom stereocenters. The van der Waals surface area contributed by atoms with Crippen molar-refractivity contribution >= 4 is 34.9 Å². The first-order valence-electron chi connectivity index (χ1n) is 5.86. The zero-order valence-electron chi connectivity index (χ0n) is 10.9. The van der Waals surface area contributed by atoms with Crippen LogP contribution in [-0.4, -0.2) is 28.6 Å². The Morgan fingerprint density at radius 1 is 1.45 bits per heavy atom.